The summed E-state index contributed by atoms with van der Waals surface area (Å²) in [6.45, 7) is 0.908. The zero-order valence-corrected chi connectivity index (χ0v) is 11.8. The van der Waals surface area contributed by atoms with Gasteiger partial charge in [0.1, 0.15) is 0 Å². The molecule has 1 N–H and O–H groups in total. The summed E-state index contributed by atoms with van der Waals surface area (Å²) in [4.78, 5) is 25.4. The Hall–Kier alpha value is -1.88. The highest BCUT2D eigenvalue weighted by molar-refractivity contribution is 5.85. The Bertz CT molecular complexity index is 557. The molecule has 112 valence electrons. The van der Waals surface area contributed by atoms with Gasteiger partial charge < -0.3 is 14.7 Å². The first-order valence-corrected chi connectivity index (χ1v) is 7.38. The fourth-order valence-corrected chi connectivity index (χ4v) is 3.23. The van der Waals surface area contributed by atoms with E-state index in [1.165, 1.54) is 5.56 Å². The van der Waals surface area contributed by atoms with Gasteiger partial charge in [-0.2, -0.15) is 0 Å². The predicted molar refractivity (Wildman–Crippen MR) is 76.1 cm³/mol. The number of carboxylic acid groups (broad SMARTS) is 1. The van der Waals surface area contributed by atoms with Crippen molar-refractivity contribution in [2.24, 2.45) is 0 Å². The van der Waals surface area contributed by atoms with Gasteiger partial charge in [-0.05, 0) is 30.4 Å². The van der Waals surface area contributed by atoms with Crippen LogP contribution in [-0.4, -0.2) is 47.7 Å². The van der Waals surface area contributed by atoms with Crippen molar-refractivity contribution in [1.29, 1.82) is 0 Å². The van der Waals surface area contributed by atoms with Crippen LogP contribution in [0.25, 0.3) is 0 Å². The maximum atomic E-state index is 12.8. The van der Waals surface area contributed by atoms with Crippen LogP contribution in [0.3, 0.4) is 0 Å². The number of carbonyl (C=O) groups excluding carboxylic acids is 1. The summed E-state index contributed by atoms with van der Waals surface area (Å²) in [7, 11) is 0. The van der Waals surface area contributed by atoms with Gasteiger partial charge in [0.25, 0.3) is 0 Å². The summed E-state index contributed by atoms with van der Waals surface area (Å²) in [5.74, 6) is -1.10. The molecule has 1 aliphatic carbocycles. The highest BCUT2D eigenvalue weighted by Crippen LogP contribution is 2.33. The number of carboxylic acids is 1. The molecule has 1 aromatic rings. The number of morpholine rings is 1. The van der Waals surface area contributed by atoms with Crippen molar-refractivity contribution in [3.8, 4) is 0 Å². The van der Waals surface area contributed by atoms with Crippen LogP contribution in [0.5, 0.6) is 0 Å². The molecule has 21 heavy (non-hydrogen) atoms. The maximum absolute atomic E-state index is 12.8. The molecule has 1 saturated heterocycles. The van der Waals surface area contributed by atoms with E-state index in [2.05, 4.69) is 6.07 Å². The minimum absolute atomic E-state index is 0.0386. The van der Waals surface area contributed by atoms with E-state index in [0.717, 1.165) is 24.8 Å². The summed E-state index contributed by atoms with van der Waals surface area (Å²) >= 11 is 0. The minimum Gasteiger partial charge on any atom is -0.479 e. The fraction of sp³-hybridized carbons (Fsp3) is 0.500. The van der Waals surface area contributed by atoms with Crippen molar-refractivity contribution >= 4 is 11.9 Å². The van der Waals surface area contributed by atoms with Crippen LogP contribution in [0.2, 0.25) is 0 Å². The molecule has 1 amide bonds. The number of hydrogen-bond acceptors (Lipinski definition) is 3. The number of amides is 1. The second-order valence-corrected chi connectivity index (χ2v) is 5.63. The average Bonchev–Trinajstić information content (AvgIpc) is 2.53. The molecule has 3 rings (SSSR count). The molecule has 2 atom stereocenters. The molecule has 2 aliphatic rings. The Kier molecular flexibility index (Phi) is 3.92. The highest BCUT2D eigenvalue weighted by Gasteiger charge is 2.34. The lowest BCUT2D eigenvalue weighted by atomic mass is 9.82. The van der Waals surface area contributed by atoms with Gasteiger partial charge >= 0.3 is 5.97 Å². The van der Waals surface area contributed by atoms with Crippen molar-refractivity contribution in [3.63, 3.8) is 0 Å². The van der Waals surface area contributed by atoms with Crippen LogP contribution < -0.4 is 0 Å². The molecule has 0 radical (unpaired) electrons. The molecule has 2 unspecified atom stereocenters. The van der Waals surface area contributed by atoms with Crippen molar-refractivity contribution in [3.05, 3.63) is 35.4 Å². The van der Waals surface area contributed by atoms with Crippen molar-refractivity contribution < 1.29 is 19.4 Å². The van der Waals surface area contributed by atoms with E-state index in [1.54, 1.807) is 4.90 Å². The Morgan fingerprint density at radius 3 is 2.90 bits per heavy atom. The molecule has 1 heterocycles. The maximum Gasteiger partial charge on any atom is 0.334 e. The van der Waals surface area contributed by atoms with Gasteiger partial charge in [-0.15, -0.1) is 0 Å². The summed E-state index contributed by atoms with van der Waals surface area (Å²) in [6.07, 6.45) is 1.95. The van der Waals surface area contributed by atoms with Gasteiger partial charge in [0.05, 0.1) is 19.1 Å². The van der Waals surface area contributed by atoms with Gasteiger partial charge in [0.2, 0.25) is 5.91 Å². The smallest absolute Gasteiger partial charge is 0.334 e. The molecule has 0 aromatic heterocycles. The van der Waals surface area contributed by atoms with Crippen LogP contribution in [0, 0.1) is 0 Å². The van der Waals surface area contributed by atoms with Crippen LogP contribution in [0.15, 0.2) is 24.3 Å². The monoisotopic (exact) mass is 289 g/mol. The van der Waals surface area contributed by atoms with Gasteiger partial charge in [0.15, 0.2) is 6.10 Å². The van der Waals surface area contributed by atoms with Crippen molar-refractivity contribution in [2.45, 2.75) is 31.3 Å². The summed E-state index contributed by atoms with van der Waals surface area (Å²) in [6, 6.07) is 8.06. The second-order valence-electron chi connectivity index (χ2n) is 5.63. The molecule has 0 spiro atoms. The summed E-state index contributed by atoms with van der Waals surface area (Å²) in [5.41, 5.74) is 2.34. The number of carbonyl (C=O) groups is 2. The van der Waals surface area contributed by atoms with Crippen LogP contribution in [-0.2, 0) is 20.7 Å². The summed E-state index contributed by atoms with van der Waals surface area (Å²) in [5, 5.41) is 9.04. The number of fused-ring (bicyclic) bond motifs is 1. The standard InChI is InChI=1S/C16H19NO4/c18-15(17-8-9-21-14(10-17)16(19)20)13-7-3-5-11-4-1-2-6-12(11)13/h1-2,4,6,13-14H,3,5,7-10H2,(H,19,20). The quantitative estimate of drug-likeness (QED) is 0.894. The molecule has 1 aliphatic heterocycles. The number of nitrogens with zero attached hydrogens (tertiary/aromatic N) is 1. The second kappa shape index (κ2) is 5.85. The van der Waals surface area contributed by atoms with E-state index < -0.39 is 12.1 Å². The van der Waals surface area contributed by atoms with E-state index in [1.807, 2.05) is 18.2 Å². The number of aryl methyl sites for hydroxylation is 1. The fourth-order valence-electron chi connectivity index (χ4n) is 3.23. The molecule has 5 nitrogen and oxygen atoms in total. The Balaban J connectivity index is 1.78. The topological polar surface area (TPSA) is 66.8 Å². The van der Waals surface area contributed by atoms with E-state index in [-0.39, 0.29) is 25.0 Å². The number of hydrogen-bond donors (Lipinski definition) is 1. The zero-order chi connectivity index (χ0) is 14.8. The van der Waals surface area contributed by atoms with Crippen LogP contribution >= 0.6 is 0 Å². The largest absolute Gasteiger partial charge is 0.479 e. The molecule has 1 fully saturated rings. The Labute approximate surface area is 123 Å². The third-order valence-electron chi connectivity index (χ3n) is 4.32. The lowest BCUT2D eigenvalue weighted by molar-refractivity contribution is -0.159. The first kappa shape index (κ1) is 14.1. The minimum atomic E-state index is -1.00. The SMILES string of the molecule is O=C(O)C1CN(C(=O)C2CCCc3ccccc32)CCO1. The molecule has 1 aromatic carbocycles. The predicted octanol–water partition coefficient (Wildman–Crippen LogP) is 1.42. The van der Waals surface area contributed by atoms with Gasteiger partial charge in [-0.3, -0.25) is 4.79 Å². The van der Waals surface area contributed by atoms with Gasteiger partial charge in [-0.25, -0.2) is 4.79 Å². The van der Waals surface area contributed by atoms with Gasteiger partial charge in [0, 0.05) is 6.54 Å². The molecular weight excluding hydrogens is 270 g/mol. The number of aliphatic carboxylic acids is 1. The number of rotatable bonds is 2. The van der Waals surface area contributed by atoms with E-state index >= 15 is 0 Å². The van der Waals surface area contributed by atoms with Crippen LogP contribution in [0.4, 0.5) is 0 Å². The average molecular weight is 289 g/mol. The molecule has 5 heteroatoms. The third-order valence-corrected chi connectivity index (χ3v) is 4.32. The lowest BCUT2D eigenvalue weighted by Crippen LogP contribution is -2.50. The number of benzene rings is 1. The zero-order valence-electron chi connectivity index (χ0n) is 11.8. The number of ether oxygens (including phenoxy) is 1. The van der Waals surface area contributed by atoms with Crippen LogP contribution in [0.1, 0.15) is 29.9 Å². The molecular formula is C16H19NO4. The lowest BCUT2D eigenvalue weighted by Gasteiger charge is -2.35. The Morgan fingerprint density at radius 1 is 1.29 bits per heavy atom. The normalized spacial score (nSPS) is 25.2. The van der Waals surface area contributed by atoms with E-state index in [4.69, 9.17) is 9.84 Å². The van der Waals surface area contributed by atoms with E-state index in [9.17, 15) is 9.59 Å². The Morgan fingerprint density at radius 2 is 2.10 bits per heavy atom. The first-order valence-electron chi connectivity index (χ1n) is 7.38. The summed E-state index contributed by atoms with van der Waals surface area (Å²) < 4.78 is 5.18. The van der Waals surface area contributed by atoms with Crippen molar-refractivity contribution in [1.82, 2.24) is 4.90 Å². The van der Waals surface area contributed by atoms with E-state index in [0.29, 0.717) is 6.54 Å². The van der Waals surface area contributed by atoms with Gasteiger partial charge in [-0.1, -0.05) is 24.3 Å². The first-order chi connectivity index (χ1) is 10.2. The molecule has 0 bridgehead atoms. The van der Waals surface area contributed by atoms with Crippen molar-refractivity contribution in [2.75, 3.05) is 19.7 Å². The molecule has 0 saturated carbocycles. The highest BCUT2D eigenvalue weighted by atomic mass is 16.5. The third kappa shape index (κ3) is 2.78.